The third-order valence-electron chi connectivity index (χ3n) is 3.97. The second kappa shape index (κ2) is 6.79. The predicted octanol–water partition coefficient (Wildman–Crippen LogP) is 2.52. The van der Waals surface area contributed by atoms with Gasteiger partial charge in [0.15, 0.2) is 0 Å². The van der Waals surface area contributed by atoms with Crippen LogP contribution >= 0.6 is 0 Å². The molecule has 0 aromatic heterocycles. The fourth-order valence-corrected chi connectivity index (χ4v) is 2.57. The summed E-state index contributed by atoms with van der Waals surface area (Å²) in [6.07, 6.45) is 0.0705. The summed E-state index contributed by atoms with van der Waals surface area (Å²) in [7, 11) is 1.52. The van der Waals surface area contributed by atoms with Crippen molar-refractivity contribution in [3.63, 3.8) is 0 Å². The Hall–Kier alpha value is -2.08. The van der Waals surface area contributed by atoms with Crippen LogP contribution < -0.4 is 5.32 Å². The first-order valence-electron chi connectivity index (χ1n) is 7.35. The van der Waals surface area contributed by atoms with Crippen LogP contribution in [0.3, 0.4) is 0 Å². The van der Waals surface area contributed by atoms with Gasteiger partial charge in [0.05, 0.1) is 6.10 Å². The van der Waals surface area contributed by atoms with Crippen LogP contribution in [0.1, 0.15) is 31.7 Å². The van der Waals surface area contributed by atoms with E-state index in [0.29, 0.717) is 18.0 Å². The van der Waals surface area contributed by atoms with Gasteiger partial charge < -0.3 is 20.1 Å². The molecule has 1 saturated heterocycles. The maximum atomic E-state index is 12.3. The minimum absolute atomic E-state index is 0.241. The molecule has 2 N–H and O–H groups in total. The molecule has 2 rings (SSSR count). The third-order valence-corrected chi connectivity index (χ3v) is 3.97. The fourth-order valence-electron chi connectivity index (χ4n) is 2.57. The van der Waals surface area contributed by atoms with E-state index in [1.165, 1.54) is 17.6 Å². The number of amides is 2. The normalized spacial score (nSPS) is 21.2. The van der Waals surface area contributed by atoms with Crippen LogP contribution in [0.5, 0.6) is 0 Å². The predicted molar refractivity (Wildman–Crippen MR) is 83.1 cm³/mol. The SMILES string of the molecule is CO[C@@H]1C[C@H](C(=O)O)N(C(=O)Nc2ccc(C(C)C)cc2)C1. The lowest BCUT2D eigenvalue weighted by atomic mass is 10.0. The van der Waals surface area contributed by atoms with Gasteiger partial charge in [-0.2, -0.15) is 0 Å². The van der Waals surface area contributed by atoms with E-state index in [0.717, 1.165) is 0 Å². The maximum Gasteiger partial charge on any atom is 0.326 e. The monoisotopic (exact) mass is 306 g/mol. The Bertz CT molecular complexity index is 542. The highest BCUT2D eigenvalue weighted by Crippen LogP contribution is 2.22. The number of aliphatic carboxylic acids is 1. The van der Waals surface area contributed by atoms with E-state index < -0.39 is 18.0 Å². The fraction of sp³-hybridized carbons (Fsp3) is 0.500. The zero-order valence-electron chi connectivity index (χ0n) is 13.1. The summed E-state index contributed by atoms with van der Waals surface area (Å²) < 4.78 is 5.18. The number of urea groups is 1. The number of rotatable bonds is 4. The molecule has 1 aromatic carbocycles. The van der Waals surface area contributed by atoms with E-state index in [9.17, 15) is 14.7 Å². The van der Waals surface area contributed by atoms with Crippen LogP contribution in [0.2, 0.25) is 0 Å². The highest BCUT2D eigenvalue weighted by atomic mass is 16.5. The number of ether oxygens (including phenoxy) is 1. The van der Waals surface area contributed by atoms with Gasteiger partial charge in [-0.05, 0) is 23.6 Å². The minimum atomic E-state index is -1.01. The molecule has 0 aliphatic carbocycles. The molecule has 120 valence electrons. The van der Waals surface area contributed by atoms with E-state index in [1.54, 1.807) is 0 Å². The second-order valence-electron chi connectivity index (χ2n) is 5.81. The number of benzene rings is 1. The number of nitrogens with zero attached hydrogens (tertiary/aromatic N) is 1. The molecule has 0 spiro atoms. The highest BCUT2D eigenvalue weighted by molar-refractivity contribution is 5.92. The summed E-state index contributed by atoms with van der Waals surface area (Å²) in [5.74, 6) is -0.591. The van der Waals surface area contributed by atoms with Crippen LogP contribution in [0.15, 0.2) is 24.3 Å². The molecule has 0 saturated carbocycles. The molecule has 1 aliphatic heterocycles. The van der Waals surface area contributed by atoms with Crippen molar-refractivity contribution in [2.24, 2.45) is 0 Å². The van der Waals surface area contributed by atoms with Gasteiger partial charge in [0.25, 0.3) is 0 Å². The number of methoxy groups -OCH3 is 1. The lowest BCUT2D eigenvalue weighted by Crippen LogP contribution is -2.43. The second-order valence-corrected chi connectivity index (χ2v) is 5.81. The Kier molecular flexibility index (Phi) is 5.03. The molecule has 6 nitrogen and oxygen atoms in total. The summed E-state index contributed by atoms with van der Waals surface area (Å²) in [6, 6.07) is 6.30. The third kappa shape index (κ3) is 3.57. The molecule has 6 heteroatoms. The molecule has 2 amide bonds. The average Bonchev–Trinajstić information content (AvgIpc) is 2.92. The van der Waals surface area contributed by atoms with Crippen molar-refractivity contribution >= 4 is 17.7 Å². The van der Waals surface area contributed by atoms with E-state index >= 15 is 0 Å². The molecule has 2 atom stereocenters. The van der Waals surface area contributed by atoms with Crippen LogP contribution in [0, 0.1) is 0 Å². The van der Waals surface area contributed by atoms with Gasteiger partial charge in [0.1, 0.15) is 6.04 Å². The van der Waals surface area contributed by atoms with E-state index in [1.807, 2.05) is 24.3 Å². The van der Waals surface area contributed by atoms with Gasteiger partial charge in [-0.3, -0.25) is 0 Å². The number of nitrogens with one attached hydrogen (secondary N) is 1. The Morgan fingerprint density at radius 2 is 1.95 bits per heavy atom. The van der Waals surface area contributed by atoms with Gasteiger partial charge in [0.2, 0.25) is 0 Å². The number of carboxylic acid groups (broad SMARTS) is 1. The largest absolute Gasteiger partial charge is 0.480 e. The number of hydrogen-bond donors (Lipinski definition) is 2. The van der Waals surface area contributed by atoms with Crippen LogP contribution in [-0.2, 0) is 9.53 Å². The van der Waals surface area contributed by atoms with Gasteiger partial charge >= 0.3 is 12.0 Å². The summed E-state index contributed by atoms with van der Waals surface area (Å²) in [5.41, 5.74) is 1.83. The highest BCUT2D eigenvalue weighted by Gasteiger charge is 2.39. The summed E-state index contributed by atoms with van der Waals surface area (Å²) in [4.78, 5) is 24.9. The first-order valence-corrected chi connectivity index (χ1v) is 7.35. The smallest absolute Gasteiger partial charge is 0.326 e. The molecular formula is C16H22N2O4. The van der Waals surface area contributed by atoms with Crippen molar-refractivity contribution in [1.82, 2.24) is 4.90 Å². The molecule has 0 radical (unpaired) electrons. The molecule has 0 unspecified atom stereocenters. The zero-order chi connectivity index (χ0) is 16.3. The Balaban J connectivity index is 2.05. The van der Waals surface area contributed by atoms with Gasteiger partial charge in [-0.25, -0.2) is 9.59 Å². The lowest BCUT2D eigenvalue weighted by molar-refractivity contribution is -0.141. The van der Waals surface area contributed by atoms with Crippen molar-refractivity contribution in [3.05, 3.63) is 29.8 Å². The summed E-state index contributed by atoms with van der Waals surface area (Å²) in [6.45, 7) is 4.48. The van der Waals surface area contributed by atoms with Gasteiger partial charge in [0, 0.05) is 25.8 Å². The minimum Gasteiger partial charge on any atom is -0.480 e. The summed E-state index contributed by atoms with van der Waals surface area (Å²) >= 11 is 0. The number of carbonyl (C=O) groups is 2. The van der Waals surface area contributed by atoms with Crippen LogP contribution in [0.25, 0.3) is 0 Å². The zero-order valence-corrected chi connectivity index (χ0v) is 13.1. The van der Waals surface area contributed by atoms with E-state index in [2.05, 4.69) is 19.2 Å². The molecule has 22 heavy (non-hydrogen) atoms. The quantitative estimate of drug-likeness (QED) is 0.896. The summed E-state index contributed by atoms with van der Waals surface area (Å²) in [5, 5.41) is 12.0. The lowest BCUT2D eigenvalue weighted by Gasteiger charge is -2.21. The molecule has 1 aromatic rings. The standard InChI is InChI=1S/C16H22N2O4/c1-10(2)11-4-6-12(7-5-11)17-16(21)18-9-13(22-3)8-14(18)15(19)20/h4-7,10,13-14H,8-9H2,1-3H3,(H,17,21)(H,19,20)/t13-,14-/m1/s1. The molecule has 1 aliphatic rings. The molecule has 0 bridgehead atoms. The number of carbonyl (C=O) groups excluding carboxylic acids is 1. The topological polar surface area (TPSA) is 78.9 Å². The average molecular weight is 306 g/mol. The van der Waals surface area contributed by atoms with Gasteiger partial charge in [-0.15, -0.1) is 0 Å². The Morgan fingerprint density at radius 3 is 2.45 bits per heavy atom. The molecule has 1 fully saturated rings. The van der Waals surface area contributed by atoms with Gasteiger partial charge in [-0.1, -0.05) is 26.0 Å². The number of anilines is 1. The number of carboxylic acids is 1. The maximum absolute atomic E-state index is 12.3. The first-order chi connectivity index (χ1) is 10.4. The van der Waals surface area contributed by atoms with Crippen molar-refractivity contribution < 1.29 is 19.4 Å². The number of hydrogen-bond acceptors (Lipinski definition) is 3. The van der Waals surface area contributed by atoms with Crippen LogP contribution in [-0.4, -0.2) is 47.8 Å². The van der Waals surface area contributed by atoms with Crippen molar-refractivity contribution in [2.45, 2.75) is 38.3 Å². The Labute approximate surface area is 130 Å². The van der Waals surface area contributed by atoms with Crippen molar-refractivity contribution in [2.75, 3.05) is 19.0 Å². The Morgan fingerprint density at radius 1 is 1.32 bits per heavy atom. The van der Waals surface area contributed by atoms with Crippen molar-refractivity contribution in [1.29, 1.82) is 0 Å². The van der Waals surface area contributed by atoms with Crippen molar-refractivity contribution in [3.8, 4) is 0 Å². The van der Waals surface area contributed by atoms with E-state index in [-0.39, 0.29) is 12.6 Å². The van der Waals surface area contributed by atoms with Crippen LogP contribution in [0.4, 0.5) is 10.5 Å². The van der Waals surface area contributed by atoms with E-state index in [4.69, 9.17) is 4.74 Å². The number of likely N-dealkylation sites (tertiary alicyclic amines) is 1. The molecule has 1 heterocycles. The first kappa shape index (κ1) is 16.3. The molecular weight excluding hydrogens is 284 g/mol.